The Hall–Kier alpha value is -2.71. The van der Waals surface area contributed by atoms with Crippen LogP contribution in [-0.4, -0.2) is 23.4 Å². The van der Waals surface area contributed by atoms with E-state index in [0.29, 0.717) is 16.3 Å². The van der Waals surface area contributed by atoms with E-state index in [1.807, 2.05) is 42.8 Å². The molecular formula is C19H19N3O3S2. The fraction of sp³-hybridized carbons (Fsp3) is 0.211. The molecule has 0 unspecified atom stereocenters. The fourth-order valence-corrected chi connectivity index (χ4v) is 3.96. The largest absolute Gasteiger partial charge is 0.484 e. The molecule has 1 aromatic carbocycles. The Labute approximate surface area is 165 Å². The standard InChI is InChI=1S/C19H19N3O3S2/c1-11-4-5-15(8-12(11)2)25-9-16(23)21-22-18(24)17-13(3)20-19(27-17)14-6-7-26-10-14/h4-8,10H,9H2,1-3H3,(H,21,23)(H,22,24). The van der Waals surface area contributed by atoms with Crippen LogP contribution in [0.1, 0.15) is 26.5 Å². The average molecular weight is 402 g/mol. The Morgan fingerprint density at radius 1 is 1.11 bits per heavy atom. The van der Waals surface area contributed by atoms with Crippen LogP contribution >= 0.6 is 22.7 Å². The van der Waals surface area contributed by atoms with E-state index in [1.54, 1.807) is 24.3 Å². The number of aromatic nitrogens is 1. The van der Waals surface area contributed by atoms with Gasteiger partial charge in [0.2, 0.25) is 0 Å². The third-order valence-electron chi connectivity index (χ3n) is 3.93. The number of aryl methyl sites for hydroxylation is 3. The lowest BCUT2D eigenvalue weighted by Crippen LogP contribution is -2.43. The van der Waals surface area contributed by atoms with E-state index in [9.17, 15) is 9.59 Å². The maximum atomic E-state index is 12.3. The minimum absolute atomic E-state index is 0.190. The summed E-state index contributed by atoms with van der Waals surface area (Å²) in [7, 11) is 0. The van der Waals surface area contributed by atoms with Crippen molar-refractivity contribution in [2.75, 3.05) is 6.61 Å². The first-order valence-electron chi connectivity index (χ1n) is 8.23. The summed E-state index contributed by atoms with van der Waals surface area (Å²) in [6.45, 7) is 5.56. The number of rotatable bonds is 5. The first-order chi connectivity index (χ1) is 12.9. The predicted octanol–water partition coefficient (Wildman–Crippen LogP) is 3.64. The van der Waals surface area contributed by atoms with Gasteiger partial charge in [0, 0.05) is 10.9 Å². The summed E-state index contributed by atoms with van der Waals surface area (Å²) in [5.41, 5.74) is 8.62. The van der Waals surface area contributed by atoms with Crippen LogP contribution in [0, 0.1) is 20.8 Å². The number of amides is 2. The van der Waals surface area contributed by atoms with Gasteiger partial charge in [0.25, 0.3) is 11.8 Å². The first kappa shape index (κ1) is 19.1. The van der Waals surface area contributed by atoms with Gasteiger partial charge < -0.3 is 4.74 Å². The maximum Gasteiger partial charge on any atom is 0.281 e. The Morgan fingerprint density at radius 3 is 2.63 bits per heavy atom. The van der Waals surface area contributed by atoms with E-state index in [4.69, 9.17) is 4.74 Å². The minimum Gasteiger partial charge on any atom is -0.484 e. The molecule has 2 N–H and O–H groups in total. The monoisotopic (exact) mass is 401 g/mol. The molecule has 6 nitrogen and oxygen atoms in total. The van der Waals surface area contributed by atoms with E-state index in [-0.39, 0.29) is 6.61 Å². The lowest BCUT2D eigenvalue weighted by molar-refractivity contribution is -0.123. The number of carbonyl (C=O) groups is 2. The molecule has 27 heavy (non-hydrogen) atoms. The summed E-state index contributed by atoms with van der Waals surface area (Å²) < 4.78 is 5.45. The van der Waals surface area contributed by atoms with Crippen LogP contribution in [0.3, 0.4) is 0 Å². The van der Waals surface area contributed by atoms with Gasteiger partial charge in [0.1, 0.15) is 15.6 Å². The van der Waals surface area contributed by atoms with Gasteiger partial charge in [-0.2, -0.15) is 11.3 Å². The molecule has 0 saturated heterocycles. The zero-order valence-electron chi connectivity index (χ0n) is 15.2. The molecule has 0 aliphatic rings. The average Bonchev–Trinajstić information content (AvgIpc) is 3.30. The SMILES string of the molecule is Cc1ccc(OCC(=O)NNC(=O)c2sc(-c3ccsc3)nc2C)cc1C. The van der Waals surface area contributed by atoms with Crippen LogP contribution < -0.4 is 15.6 Å². The van der Waals surface area contributed by atoms with Crippen LogP contribution in [0.4, 0.5) is 0 Å². The summed E-state index contributed by atoms with van der Waals surface area (Å²) in [5.74, 6) is -0.230. The van der Waals surface area contributed by atoms with Crippen molar-refractivity contribution in [2.24, 2.45) is 0 Å². The number of hydrogen-bond donors (Lipinski definition) is 2. The Bertz CT molecular complexity index is 965. The van der Waals surface area contributed by atoms with Crippen LogP contribution in [0.15, 0.2) is 35.0 Å². The van der Waals surface area contributed by atoms with Gasteiger partial charge in [-0.1, -0.05) is 6.07 Å². The smallest absolute Gasteiger partial charge is 0.281 e. The predicted molar refractivity (Wildman–Crippen MR) is 107 cm³/mol. The highest BCUT2D eigenvalue weighted by Gasteiger charge is 2.17. The van der Waals surface area contributed by atoms with Crippen molar-refractivity contribution in [3.63, 3.8) is 0 Å². The van der Waals surface area contributed by atoms with Gasteiger partial charge in [-0.05, 0) is 55.5 Å². The van der Waals surface area contributed by atoms with Crippen molar-refractivity contribution in [2.45, 2.75) is 20.8 Å². The van der Waals surface area contributed by atoms with Crippen LogP contribution in [0.5, 0.6) is 5.75 Å². The number of thiophene rings is 1. The van der Waals surface area contributed by atoms with Crippen molar-refractivity contribution >= 4 is 34.5 Å². The fourth-order valence-electron chi connectivity index (χ4n) is 2.29. The van der Waals surface area contributed by atoms with Gasteiger partial charge in [-0.3, -0.25) is 20.4 Å². The summed E-state index contributed by atoms with van der Waals surface area (Å²) in [5, 5.41) is 4.72. The number of benzene rings is 1. The molecule has 0 bridgehead atoms. The molecule has 0 saturated carbocycles. The number of nitrogens with zero attached hydrogens (tertiary/aromatic N) is 1. The normalized spacial score (nSPS) is 10.5. The number of carbonyl (C=O) groups excluding carboxylic acids is 2. The molecule has 8 heteroatoms. The number of nitrogens with one attached hydrogen (secondary N) is 2. The molecule has 0 aliphatic carbocycles. The van der Waals surface area contributed by atoms with Gasteiger partial charge in [-0.25, -0.2) is 4.98 Å². The van der Waals surface area contributed by atoms with Crippen LogP contribution in [0.25, 0.3) is 10.6 Å². The molecule has 140 valence electrons. The molecule has 2 amide bonds. The van der Waals surface area contributed by atoms with Gasteiger partial charge in [0.05, 0.1) is 5.69 Å². The number of hydrogen-bond acceptors (Lipinski definition) is 6. The zero-order valence-corrected chi connectivity index (χ0v) is 16.8. The number of thiazole rings is 1. The molecule has 0 aliphatic heterocycles. The molecule has 0 spiro atoms. The summed E-state index contributed by atoms with van der Waals surface area (Å²) in [6, 6.07) is 7.56. The highest BCUT2D eigenvalue weighted by molar-refractivity contribution is 7.17. The molecule has 0 fully saturated rings. The van der Waals surface area contributed by atoms with Crippen LogP contribution in [0.2, 0.25) is 0 Å². The number of ether oxygens (including phenoxy) is 1. The summed E-state index contributed by atoms with van der Waals surface area (Å²) in [4.78, 5) is 29.1. The first-order valence-corrected chi connectivity index (χ1v) is 9.99. The molecule has 0 radical (unpaired) electrons. The summed E-state index contributed by atoms with van der Waals surface area (Å²) >= 11 is 2.86. The van der Waals surface area contributed by atoms with Crippen molar-refractivity contribution in [3.8, 4) is 16.3 Å². The summed E-state index contributed by atoms with van der Waals surface area (Å²) in [6.07, 6.45) is 0. The highest BCUT2D eigenvalue weighted by Crippen LogP contribution is 2.29. The third kappa shape index (κ3) is 4.72. The Morgan fingerprint density at radius 2 is 1.93 bits per heavy atom. The Balaban J connectivity index is 1.53. The minimum atomic E-state index is -0.443. The second kappa shape index (κ2) is 8.32. The van der Waals surface area contributed by atoms with E-state index in [2.05, 4.69) is 15.8 Å². The molecule has 2 aromatic heterocycles. The molecule has 2 heterocycles. The molecule has 3 rings (SSSR count). The zero-order chi connectivity index (χ0) is 19.4. The quantitative estimate of drug-likeness (QED) is 0.640. The lowest BCUT2D eigenvalue weighted by atomic mass is 10.1. The second-order valence-corrected chi connectivity index (χ2v) is 7.76. The Kier molecular flexibility index (Phi) is 5.88. The topological polar surface area (TPSA) is 80.3 Å². The van der Waals surface area contributed by atoms with Gasteiger partial charge in [0.15, 0.2) is 6.61 Å². The molecule has 0 atom stereocenters. The van der Waals surface area contributed by atoms with Crippen molar-refractivity contribution in [1.82, 2.24) is 15.8 Å². The lowest BCUT2D eigenvalue weighted by Gasteiger charge is -2.09. The maximum absolute atomic E-state index is 12.3. The number of hydrazine groups is 1. The van der Waals surface area contributed by atoms with E-state index in [0.717, 1.165) is 21.7 Å². The van der Waals surface area contributed by atoms with Gasteiger partial charge in [-0.15, -0.1) is 11.3 Å². The van der Waals surface area contributed by atoms with E-state index < -0.39 is 11.8 Å². The van der Waals surface area contributed by atoms with Crippen molar-refractivity contribution < 1.29 is 14.3 Å². The highest BCUT2D eigenvalue weighted by atomic mass is 32.1. The van der Waals surface area contributed by atoms with Crippen molar-refractivity contribution in [1.29, 1.82) is 0 Å². The van der Waals surface area contributed by atoms with E-state index in [1.165, 1.54) is 11.3 Å². The molecule has 3 aromatic rings. The van der Waals surface area contributed by atoms with E-state index >= 15 is 0 Å². The third-order valence-corrected chi connectivity index (χ3v) is 5.82. The molecular weight excluding hydrogens is 382 g/mol. The van der Waals surface area contributed by atoms with Crippen LogP contribution in [-0.2, 0) is 4.79 Å². The van der Waals surface area contributed by atoms with Gasteiger partial charge >= 0.3 is 0 Å². The second-order valence-electron chi connectivity index (χ2n) is 5.98. The van der Waals surface area contributed by atoms with Crippen molar-refractivity contribution in [3.05, 3.63) is 56.7 Å².